The lowest BCUT2D eigenvalue weighted by atomic mass is 10.4. The molecule has 0 radical (unpaired) electrons. The summed E-state index contributed by atoms with van der Waals surface area (Å²) < 4.78 is 0. The molecule has 0 rings (SSSR count). The highest BCUT2D eigenvalue weighted by atomic mass is 14.5. The molecule has 0 aliphatic carbocycles. The summed E-state index contributed by atoms with van der Waals surface area (Å²) in [4.78, 5) is 0. The first-order valence-electron chi connectivity index (χ1n) is 2.99. The predicted octanol–water partition coefficient (Wildman–Crippen LogP) is 1.98. The Balaban J connectivity index is 3.60. The van der Waals surface area contributed by atoms with Gasteiger partial charge in [-0.2, -0.15) is 0 Å². The van der Waals surface area contributed by atoms with Gasteiger partial charge in [0.05, 0.1) is 0 Å². The number of rotatable bonds is 2. The van der Waals surface area contributed by atoms with E-state index in [4.69, 9.17) is 5.73 Å². The fourth-order valence-electron chi connectivity index (χ4n) is 0.383. The summed E-state index contributed by atoms with van der Waals surface area (Å²) in [5.41, 5.74) is 6.19. The maximum atomic E-state index is 5.36. The van der Waals surface area contributed by atoms with Crippen LogP contribution in [0.4, 0.5) is 0 Å². The standard InChI is InChI=1S/C8H13N/c1-3-4-5-6-7-8(2)9/h3-7H,9H2,1-2H3/b4-3+,6-5-,8-7+. The fraction of sp³-hybridized carbons (Fsp3) is 0.250. The van der Waals surface area contributed by atoms with E-state index in [1.165, 1.54) is 0 Å². The van der Waals surface area contributed by atoms with Crippen molar-refractivity contribution < 1.29 is 0 Å². The van der Waals surface area contributed by atoms with Crippen LogP contribution in [-0.4, -0.2) is 0 Å². The molecule has 0 saturated carbocycles. The first kappa shape index (κ1) is 8.02. The Bertz CT molecular complexity index is 137. The largest absolute Gasteiger partial charge is 0.402 e. The van der Waals surface area contributed by atoms with Crippen molar-refractivity contribution in [2.24, 2.45) is 5.73 Å². The third-order valence-corrected chi connectivity index (χ3v) is 0.774. The third kappa shape index (κ3) is 7.02. The van der Waals surface area contributed by atoms with Crippen LogP contribution in [0.3, 0.4) is 0 Å². The molecule has 0 amide bonds. The van der Waals surface area contributed by atoms with Gasteiger partial charge in [-0.1, -0.05) is 24.3 Å². The van der Waals surface area contributed by atoms with Gasteiger partial charge in [-0.05, 0) is 19.9 Å². The van der Waals surface area contributed by atoms with Gasteiger partial charge in [0.25, 0.3) is 0 Å². The van der Waals surface area contributed by atoms with Gasteiger partial charge in [-0.25, -0.2) is 0 Å². The normalized spacial score (nSPS) is 13.8. The Labute approximate surface area is 56.6 Å². The van der Waals surface area contributed by atoms with Crippen LogP contribution in [-0.2, 0) is 0 Å². The molecule has 2 N–H and O–H groups in total. The van der Waals surface area contributed by atoms with Crippen molar-refractivity contribution in [3.05, 3.63) is 36.1 Å². The van der Waals surface area contributed by atoms with E-state index in [9.17, 15) is 0 Å². The monoisotopic (exact) mass is 123 g/mol. The van der Waals surface area contributed by atoms with Crippen LogP contribution in [0.2, 0.25) is 0 Å². The van der Waals surface area contributed by atoms with Crippen LogP contribution >= 0.6 is 0 Å². The zero-order valence-electron chi connectivity index (χ0n) is 5.96. The van der Waals surface area contributed by atoms with E-state index < -0.39 is 0 Å². The van der Waals surface area contributed by atoms with Gasteiger partial charge in [0.2, 0.25) is 0 Å². The lowest BCUT2D eigenvalue weighted by Gasteiger charge is -1.80. The third-order valence-electron chi connectivity index (χ3n) is 0.774. The average Bonchev–Trinajstić information content (AvgIpc) is 1.80. The first-order chi connectivity index (χ1) is 4.27. The minimum Gasteiger partial charge on any atom is -0.402 e. The van der Waals surface area contributed by atoms with Crippen molar-refractivity contribution in [2.45, 2.75) is 13.8 Å². The van der Waals surface area contributed by atoms with E-state index in [2.05, 4.69) is 0 Å². The zero-order chi connectivity index (χ0) is 7.11. The molecule has 50 valence electrons. The van der Waals surface area contributed by atoms with Crippen molar-refractivity contribution in [1.29, 1.82) is 0 Å². The topological polar surface area (TPSA) is 26.0 Å². The van der Waals surface area contributed by atoms with Gasteiger partial charge in [-0.15, -0.1) is 0 Å². The molecule has 1 nitrogen and oxygen atoms in total. The Hall–Kier alpha value is -0.980. The Morgan fingerprint density at radius 2 is 1.89 bits per heavy atom. The summed E-state index contributed by atoms with van der Waals surface area (Å²) in [7, 11) is 0. The van der Waals surface area contributed by atoms with Crippen LogP contribution < -0.4 is 5.73 Å². The molecule has 0 aliphatic rings. The van der Waals surface area contributed by atoms with Crippen LogP contribution in [0.5, 0.6) is 0 Å². The van der Waals surface area contributed by atoms with Crippen LogP contribution in [0.25, 0.3) is 0 Å². The second kappa shape index (κ2) is 5.16. The van der Waals surface area contributed by atoms with Crippen molar-refractivity contribution in [3.8, 4) is 0 Å². The Morgan fingerprint density at radius 1 is 1.22 bits per heavy atom. The molecule has 0 aromatic rings. The van der Waals surface area contributed by atoms with E-state index >= 15 is 0 Å². The summed E-state index contributed by atoms with van der Waals surface area (Å²) >= 11 is 0. The van der Waals surface area contributed by atoms with Gasteiger partial charge in [0, 0.05) is 5.70 Å². The molecule has 0 atom stereocenters. The molecule has 0 aliphatic heterocycles. The molecule has 0 fully saturated rings. The van der Waals surface area contributed by atoms with Gasteiger partial charge in [-0.3, -0.25) is 0 Å². The Morgan fingerprint density at radius 3 is 2.33 bits per heavy atom. The molecular weight excluding hydrogens is 110 g/mol. The summed E-state index contributed by atoms with van der Waals surface area (Å²) in [6.07, 6.45) is 9.64. The van der Waals surface area contributed by atoms with Crippen LogP contribution in [0.15, 0.2) is 36.1 Å². The molecule has 9 heavy (non-hydrogen) atoms. The van der Waals surface area contributed by atoms with Crippen LogP contribution in [0, 0.1) is 0 Å². The maximum absolute atomic E-state index is 5.36. The smallest absolute Gasteiger partial charge is 0.00488 e. The molecule has 0 aromatic carbocycles. The molecule has 0 unspecified atom stereocenters. The lowest BCUT2D eigenvalue weighted by Crippen LogP contribution is -1.87. The van der Waals surface area contributed by atoms with E-state index in [0.29, 0.717) is 0 Å². The van der Waals surface area contributed by atoms with E-state index in [1.807, 2.05) is 44.2 Å². The number of hydrogen-bond acceptors (Lipinski definition) is 1. The SMILES string of the molecule is C/C=C/C=C\C=C(/C)N. The summed E-state index contributed by atoms with van der Waals surface area (Å²) in [5, 5.41) is 0. The second-order valence-electron chi connectivity index (χ2n) is 1.82. The molecule has 0 saturated heterocycles. The molecular formula is C8H13N. The highest BCUT2D eigenvalue weighted by molar-refractivity contribution is 5.13. The van der Waals surface area contributed by atoms with Gasteiger partial charge in [0.15, 0.2) is 0 Å². The van der Waals surface area contributed by atoms with Gasteiger partial charge >= 0.3 is 0 Å². The zero-order valence-corrected chi connectivity index (χ0v) is 5.96. The summed E-state index contributed by atoms with van der Waals surface area (Å²) in [6.45, 7) is 3.84. The second-order valence-corrected chi connectivity index (χ2v) is 1.82. The number of allylic oxidation sites excluding steroid dienone is 6. The quantitative estimate of drug-likeness (QED) is 0.558. The lowest BCUT2D eigenvalue weighted by molar-refractivity contribution is 1.32. The highest BCUT2D eigenvalue weighted by Gasteiger charge is 1.66. The molecule has 0 bridgehead atoms. The van der Waals surface area contributed by atoms with E-state index in [-0.39, 0.29) is 0 Å². The summed E-state index contributed by atoms with van der Waals surface area (Å²) in [5.74, 6) is 0. The summed E-state index contributed by atoms with van der Waals surface area (Å²) in [6, 6.07) is 0. The van der Waals surface area contributed by atoms with Gasteiger partial charge < -0.3 is 5.73 Å². The highest BCUT2D eigenvalue weighted by Crippen LogP contribution is 1.82. The van der Waals surface area contributed by atoms with Crippen molar-refractivity contribution >= 4 is 0 Å². The number of hydrogen-bond donors (Lipinski definition) is 1. The average molecular weight is 123 g/mol. The minimum atomic E-state index is 0.829. The van der Waals surface area contributed by atoms with E-state index in [0.717, 1.165) is 5.70 Å². The van der Waals surface area contributed by atoms with Crippen molar-refractivity contribution in [3.63, 3.8) is 0 Å². The van der Waals surface area contributed by atoms with Crippen molar-refractivity contribution in [1.82, 2.24) is 0 Å². The molecule has 1 heteroatoms. The predicted molar refractivity (Wildman–Crippen MR) is 41.9 cm³/mol. The first-order valence-corrected chi connectivity index (χ1v) is 2.99. The minimum absolute atomic E-state index is 0.829. The fourth-order valence-corrected chi connectivity index (χ4v) is 0.383. The maximum Gasteiger partial charge on any atom is 0.00488 e. The molecule has 0 aromatic heterocycles. The van der Waals surface area contributed by atoms with E-state index in [1.54, 1.807) is 0 Å². The Kier molecular flexibility index (Phi) is 4.60. The number of nitrogens with two attached hydrogens (primary N) is 1. The molecule has 0 heterocycles. The van der Waals surface area contributed by atoms with Crippen LogP contribution in [0.1, 0.15) is 13.8 Å². The molecule has 0 spiro atoms. The van der Waals surface area contributed by atoms with Gasteiger partial charge in [0.1, 0.15) is 0 Å². The van der Waals surface area contributed by atoms with Crippen molar-refractivity contribution in [2.75, 3.05) is 0 Å².